The van der Waals surface area contributed by atoms with Gasteiger partial charge in [0.2, 0.25) is 5.91 Å². The average Bonchev–Trinajstić information content (AvgIpc) is 2.91. The fraction of sp³-hybridized carbons (Fsp3) is 0.586. The summed E-state index contributed by atoms with van der Waals surface area (Å²) in [5.41, 5.74) is 0.927. The van der Waals surface area contributed by atoms with Gasteiger partial charge in [0, 0.05) is 16.7 Å². The molecule has 244 valence electrons. The summed E-state index contributed by atoms with van der Waals surface area (Å²) in [6.45, 7) is 21.7. The highest BCUT2D eigenvalue weighted by molar-refractivity contribution is 5.87. The van der Waals surface area contributed by atoms with E-state index in [1.54, 1.807) is 13.8 Å². The number of hydrogen-bond donors (Lipinski definition) is 3. The normalized spacial score (nSPS) is 10.3. The zero-order valence-electron chi connectivity index (χ0n) is 25.4. The molecule has 1 unspecified atom stereocenters. The average molecular weight is 612 g/mol. The van der Waals surface area contributed by atoms with Crippen molar-refractivity contribution in [3.05, 3.63) is 49.1 Å². The maximum absolute atomic E-state index is 11.5. The molecule has 0 aromatic carbocycles. The van der Waals surface area contributed by atoms with Crippen molar-refractivity contribution in [2.75, 3.05) is 33.2 Å². The van der Waals surface area contributed by atoms with Gasteiger partial charge in [0.25, 0.3) is 0 Å². The number of halogens is 3. The zero-order chi connectivity index (χ0) is 33.7. The molecular formula is C29H48F3NO9. The first-order valence-corrected chi connectivity index (χ1v) is 13.1. The van der Waals surface area contributed by atoms with Gasteiger partial charge in [0.15, 0.2) is 0 Å². The first-order valence-electron chi connectivity index (χ1n) is 13.1. The van der Waals surface area contributed by atoms with Crippen molar-refractivity contribution >= 4 is 23.8 Å². The van der Waals surface area contributed by atoms with Crippen LogP contribution in [0.1, 0.15) is 66.7 Å². The SMILES string of the molecule is C=C(C)C(=O)OCC(CC)CCCC.C=C(C)C(=O)OCCC(F)(F)F.C=C(C)C(=O)OCCO.C=CC(=O)NCO. The van der Waals surface area contributed by atoms with E-state index < -0.39 is 31.1 Å². The summed E-state index contributed by atoms with van der Waals surface area (Å²) in [7, 11) is 0. The summed E-state index contributed by atoms with van der Waals surface area (Å²) in [6.07, 6.45) is 0.325. The van der Waals surface area contributed by atoms with Crippen molar-refractivity contribution < 1.29 is 56.8 Å². The largest absolute Gasteiger partial charge is 0.462 e. The molecule has 0 heterocycles. The van der Waals surface area contributed by atoms with Gasteiger partial charge < -0.3 is 29.7 Å². The monoisotopic (exact) mass is 611 g/mol. The minimum Gasteiger partial charge on any atom is -0.462 e. The molecule has 1 amide bonds. The molecule has 0 rings (SSSR count). The molecule has 13 heteroatoms. The van der Waals surface area contributed by atoms with Crippen LogP contribution >= 0.6 is 0 Å². The van der Waals surface area contributed by atoms with E-state index in [0.717, 1.165) is 18.9 Å². The van der Waals surface area contributed by atoms with Crippen LogP contribution in [0.15, 0.2) is 49.1 Å². The Morgan fingerprint density at radius 1 is 0.857 bits per heavy atom. The van der Waals surface area contributed by atoms with Crippen molar-refractivity contribution in [2.24, 2.45) is 5.92 Å². The number of aliphatic hydroxyl groups excluding tert-OH is 2. The number of aliphatic hydroxyl groups is 2. The highest BCUT2D eigenvalue weighted by Gasteiger charge is 2.27. The summed E-state index contributed by atoms with van der Waals surface area (Å²) in [5.74, 6) is -1.36. The standard InChI is InChI=1S/C12H22O2.C7H9F3O2.C6H10O3.C4H7NO2/c1-5-7-8-11(6-2)9-14-12(13)10(3)4;1-5(2)6(11)12-4-3-7(8,9)10;1-5(2)6(8)9-4-3-7;1-2-4(7)5-3-6/h11H,3,5-9H2,1-2,4H3;1,3-4H2,2H3;7H,1,3-4H2,2H3;2,6H,1,3H2,(H,5,7). The molecule has 3 N–H and O–H groups in total. The van der Waals surface area contributed by atoms with Gasteiger partial charge in [0.05, 0.1) is 19.6 Å². The Bertz CT molecular complexity index is 841. The van der Waals surface area contributed by atoms with Crippen LogP contribution in [0.25, 0.3) is 0 Å². The van der Waals surface area contributed by atoms with Gasteiger partial charge in [-0.15, -0.1) is 0 Å². The highest BCUT2D eigenvalue weighted by Crippen LogP contribution is 2.19. The first kappa shape index (κ1) is 45.5. The van der Waals surface area contributed by atoms with Crippen molar-refractivity contribution in [1.29, 1.82) is 0 Å². The van der Waals surface area contributed by atoms with Gasteiger partial charge in [0.1, 0.15) is 19.9 Å². The van der Waals surface area contributed by atoms with Crippen LogP contribution < -0.4 is 5.32 Å². The van der Waals surface area contributed by atoms with E-state index in [0.29, 0.717) is 23.7 Å². The second-order valence-corrected chi connectivity index (χ2v) is 8.62. The zero-order valence-corrected chi connectivity index (χ0v) is 25.4. The topological polar surface area (TPSA) is 148 Å². The van der Waals surface area contributed by atoms with E-state index >= 15 is 0 Å². The Labute approximate surface area is 247 Å². The Hall–Kier alpha value is -3.45. The Morgan fingerprint density at radius 2 is 1.31 bits per heavy atom. The lowest BCUT2D eigenvalue weighted by atomic mass is 10.0. The van der Waals surface area contributed by atoms with Crippen LogP contribution in [0.4, 0.5) is 13.2 Å². The number of amides is 1. The molecule has 0 spiro atoms. The number of rotatable bonds is 15. The molecule has 0 aliphatic heterocycles. The molecule has 0 bridgehead atoms. The summed E-state index contributed by atoms with van der Waals surface area (Å²) >= 11 is 0. The Morgan fingerprint density at radius 3 is 1.62 bits per heavy atom. The van der Waals surface area contributed by atoms with E-state index in [9.17, 15) is 32.3 Å². The fourth-order valence-corrected chi connectivity index (χ4v) is 2.01. The van der Waals surface area contributed by atoms with Crippen molar-refractivity contribution in [2.45, 2.75) is 72.9 Å². The maximum atomic E-state index is 11.5. The molecule has 0 radical (unpaired) electrons. The predicted molar refractivity (Wildman–Crippen MR) is 154 cm³/mol. The number of unbranched alkanes of at least 4 members (excludes halogenated alkanes) is 1. The van der Waals surface area contributed by atoms with Gasteiger partial charge in [-0.1, -0.05) is 59.4 Å². The van der Waals surface area contributed by atoms with Crippen molar-refractivity contribution in [1.82, 2.24) is 5.32 Å². The molecule has 0 aliphatic carbocycles. The van der Waals surface area contributed by atoms with Gasteiger partial charge in [-0.25, -0.2) is 14.4 Å². The number of carbonyl (C=O) groups excluding carboxylic acids is 4. The molecule has 42 heavy (non-hydrogen) atoms. The second kappa shape index (κ2) is 29.1. The third kappa shape index (κ3) is 36.5. The molecule has 10 nitrogen and oxygen atoms in total. The molecule has 0 fully saturated rings. The second-order valence-electron chi connectivity index (χ2n) is 8.62. The molecule has 0 aromatic rings. The number of nitrogens with one attached hydrogen (secondary N) is 1. The number of esters is 3. The van der Waals surface area contributed by atoms with Crippen LogP contribution in [0, 0.1) is 5.92 Å². The smallest absolute Gasteiger partial charge is 0.392 e. The van der Waals surface area contributed by atoms with Crippen LogP contribution in [-0.4, -0.2) is 73.4 Å². The lowest BCUT2D eigenvalue weighted by Crippen LogP contribution is -2.20. The summed E-state index contributed by atoms with van der Waals surface area (Å²) in [4.78, 5) is 42.1. The molecule has 0 aliphatic rings. The minimum atomic E-state index is -4.28. The first-order chi connectivity index (χ1) is 19.4. The Kier molecular flexibility index (Phi) is 31.5. The van der Waals surface area contributed by atoms with E-state index in [1.165, 1.54) is 19.8 Å². The van der Waals surface area contributed by atoms with E-state index in [-0.39, 0.29) is 37.4 Å². The number of alkyl halides is 3. The number of hydrogen-bond acceptors (Lipinski definition) is 9. The van der Waals surface area contributed by atoms with Gasteiger partial charge >= 0.3 is 24.1 Å². The third-order valence-electron chi connectivity index (χ3n) is 4.42. The molecule has 0 saturated heterocycles. The summed E-state index contributed by atoms with van der Waals surface area (Å²) in [5, 5.41) is 18.3. The molecule has 0 aromatic heterocycles. The van der Waals surface area contributed by atoms with Gasteiger partial charge in [-0.2, -0.15) is 13.2 Å². The van der Waals surface area contributed by atoms with Gasteiger partial charge in [-0.3, -0.25) is 4.79 Å². The maximum Gasteiger partial charge on any atom is 0.392 e. The number of ether oxygens (including phenoxy) is 3. The minimum absolute atomic E-state index is 0.0473. The van der Waals surface area contributed by atoms with E-state index in [2.05, 4.69) is 55.0 Å². The number of carbonyl (C=O) groups is 4. The third-order valence-corrected chi connectivity index (χ3v) is 4.42. The summed E-state index contributed by atoms with van der Waals surface area (Å²) < 4.78 is 48.3. The van der Waals surface area contributed by atoms with E-state index in [1.807, 2.05) is 0 Å². The quantitative estimate of drug-likeness (QED) is 0.104. The van der Waals surface area contributed by atoms with Crippen LogP contribution in [0.3, 0.4) is 0 Å². The van der Waals surface area contributed by atoms with Crippen LogP contribution in [0.5, 0.6) is 0 Å². The van der Waals surface area contributed by atoms with Crippen LogP contribution in [0.2, 0.25) is 0 Å². The summed E-state index contributed by atoms with van der Waals surface area (Å²) in [6, 6.07) is 0. The van der Waals surface area contributed by atoms with E-state index in [4.69, 9.17) is 14.9 Å². The predicted octanol–water partition coefficient (Wildman–Crippen LogP) is 4.72. The Balaban J connectivity index is -0.000000237. The van der Waals surface area contributed by atoms with Crippen LogP contribution in [-0.2, 0) is 33.4 Å². The lowest BCUT2D eigenvalue weighted by Gasteiger charge is -2.14. The lowest BCUT2D eigenvalue weighted by molar-refractivity contribution is -0.156. The van der Waals surface area contributed by atoms with Crippen molar-refractivity contribution in [3.8, 4) is 0 Å². The molecule has 1 atom stereocenters. The molecule has 0 saturated carbocycles. The fourth-order valence-electron chi connectivity index (χ4n) is 2.01. The highest BCUT2D eigenvalue weighted by atomic mass is 19.4. The molecular weight excluding hydrogens is 563 g/mol. The van der Waals surface area contributed by atoms with Gasteiger partial charge in [-0.05, 0) is 39.2 Å². The van der Waals surface area contributed by atoms with Crippen molar-refractivity contribution in [3.63, 3.8) is 0 Å².